The summed E-state index contributed by atoms with van der Waals surface area (Å²) in [5, 5.41) is 19.5. The molecule has 2 aromatic heterocycles. The quantitative estimate of drug-likeness (QED) is 0.195. The van der Waals surface area contributed by atoms with Gasteiger partial charge in [0, 0.05) is 50.3 Å². The van der Waals surface area contributed by atoms with Crippen molar-refractivity contribution in [3.05, 3.63) is 96.8 Å². The smallest absolute Gasteiger partial charge is 0.256 e. The van der Waals surface area contributed by atoms with E-state index in [0.717, 1.165) is 43.0 Å². The Labute approximate surface area is 252 Å². The molecule has 222 valence electrons. The molecule has 0 unspecified atom stereocenters. The van der Waals surface area contributed by atoms with Crippen molar-refractivity contribution in [2.75, 3.05) is 55.3 Å². The fraction of sp³-hybridized carbons (Fsp3) is 0.273. The van der Waals surface area contributed by atoms with E-state index in [1.165, 1.54) is 11.9 Å². The Balaban J connectivity index is 1.32. The van der Waals surface area contributed by atoms with Gasteiger partial charge in [0.1, 0.15) is 22.8 Å². The van der Waals surface area contributed by atoms with Crippen LogP contribution in [0.2, 0.25) is 0 Å². The van der Waals surface area contributed by atoms with Gasteiger partial charge in [-0.05, 0) is 68.4 Å². The fourth-order valence-electron chi connectivity index (χ4n) is 4.73. The van der Waals surface area contributed by atoms with E-state index in [-0.39, 0.29) is 17.3 Å². The maximum Gasteiger partial charge on any atom is 0.256 e. The Morgan fingerprint density at radius 2 is 1.63 bits per heavy atom. The number of piperazine rings is 1. The van der Waals surface area contributed by atoms with E-state index < -0.39 is 5.60 Å². The molecule has 0 bridgehead atoms. The maximum absolute atomic E-state index is 12.8. The molecule has 2 aromatic carbocycles. The third kappa shape index (κ3) is 7.54. The van der Waals surface area contributed by atoms with Crippen LogP contribution in [0.25, 0.3) is 11.1 Å². The Morgan fingerprint density at radius 3 is 2.28 bits per heavy atom. The molecule has 0 aliphatic carbocycles. The minimum absolute atomic E-state index is 0.248. The first-order valence-corrected chi connectivity index (χ1v) is 14.3. The van der Waals surface area contributed by atoms with Gasteiger partial charge in [-0.15, -0.1) is 6.58 Å². The Hall–Kier alpha value is -4.80. The van der Waals surface area contributed by atoms with Crippen LogP contribution in [0.15, 0.2) is 85.6 Å². The fourth-order valence-corrected chi connectivity index (χ4v) is 4.73. The van der Waals surface area contributed by atoms with Gasteiger partial charge < -0.3 is 30.9 Å². The normalized spacial score (nSPS) is 13.8. The van der Waals surface area contributed by atoms with Crippen LogP contribution in [-0.2, 0) is 5.60 Å². The van der Waals surface area contributed by atoms with Gasteiger partial charge in [-0.1, -0.05) is 36.4 Å². The third-order valence-corrected chi connectivity index (χ3v) is 7.27. The van der Waals surface area contributed by atoms with E-state index in [2.05, 4.69) is 90.7 Å². The van der Waals surface area contributed by atoms with Crippen molar-refractivity contribution in [1.29, 1.82) is 0 Å². The number of hydrogen-bond acceptors (Lipinski definition) is 9. The molecule has 4 N–H and O–H groups in total. The average molecular weight is 579 g/mol. The van der Waals surface area contributed by atoms with Crippen molar-refractivity contribution in [3.8, 4) is 11.1 Å². The molecule has 43 heavy (non-hydrogen) atoms. The zero-order valence-corrected chi connectivity index (χ0v) is 24.8. The van der Waals surface area contributed by atoms with Crippen molar-refractivity contribution in [3.63, 3.8) is 0 Å². The van der Waals surface area contributed by atoms with E-state index in [1.807, 2.05) is 12.1 Å². The van der Waals surface area contributed by atoms with Gasteiger partial charge in [0.15, 0.2) is 0 Å². The van der Waals surface area contributed by atoms with E-state index in [4.69, 9.17) is 0 Å². The van der Waals surface area contributed by atoms with Crippen molar-refractivity contribution in [2.45, 2.75) is 19.4 Å². The van der Waals surface area contributed by atoms with Crippen molar-refractivity contribution in [2.24, 2.45) is 0 Å². The zero-order valence-electron chi connectivity index (χ0n) is 24.8. The van der Waals surface area contributed by atoms with Crippen LogP contribution in [-0.4, -0.2) is 70.6 Å². The third-order valence-electron chi connectivity index (χ3n) is 7.27. The molecule has 5 rings (SSSR count). The van der Waals surface area contributed by atoms with Crippen molar-refractivity contribution < 1.29 is 9.90 Å². The van der Waals surface area contributed by atoms with Crippen LogP contribution in [0.3, 0.4) is 0 Å². The highest BCUT2D eigenvalue weighted by molar-refractivity contribution is 5.99. The van der Waals surface area contributed by atoms with E-state index in [0.29, 0.717) is 24.0 Å². The molecule has 10 nitrogen and oxygen atoms in total. The standard InChI is InChI=1S/C33H38N8O2/c1-5-17-34-31(42)27-22-35-32(39-30(27)38-29-8-6-7-28(37-29)33(2,3)43)36-25-13-9-23(10-14-25)24-11-15-26(16-12-24)41-20-18-40(4)19-21-41/h5-16,22,43H,1,17-21H2,2-4H3,(H,34,42)(H2,35,36,37,38,39). The van der Waals surface area contributed by atoms with Crippen LogP contribution < -0.4 is 20.9 Å². The molecule has 3 heterocycles. The predicted octanol–water partition coefficient (Wildman–Crippen LogP) is 4.92. The number of nitrogens with zero attached hydrogens (tertiary/aromatic N) is 5. The summed E-state index contributed by atoms with van der Waals surface area (Å²) >= 11 is 0. The molecule has 1 saturated heterocycles. The van der Waals surface area contributed by atoms with Crippen LogP contribution in [0.5, 0.6) is 0 Å². The van der Waals surface area contributed by atoms with Crippen LogP contribution in [0.4, 0.5) is 29.0 Å². The summed E-state index contributed by atoms with van der Waals surface area (Å²) in [6.45, 7) is 11.5. The summed E-state index contributed by atoms with van der Waals surface area (Å²) in [6, 6.07) is 22.0. The first kappa shape index (κ1) is 29.7. The number of anilines is 5. The second-order valence-electron chi connectivity index (χ2n) is 11.1. The van der Waals surface area contributed by atoms with Gasteiger partial charge in [0.25, 0.3) is 5.91 Å². The molecular weight excluding hydrogens is 540 g/mol. The molecule has 0 spiro atoms. The summed E-state index contributed by atoms with van der Waals surface area (Å²) in [5.41, 5.74) is 3.90. The highest BCUT2D eigenvalue weighted by Crippen LogP contribution is 2.27. The number of amides is 1. The number of nitrogens with one attached hydrogen (secondary N) is 3. The zero-order chi connectivity index (χ0) is 30.4. The molecule has 1 aliphatic rings. The second kappa shape index (κ2) is 13.0. The largest absolute Gasteiger partial charge is 0.384 e. The van der Waals surface area contributed by atoms with Crippen molar-refractivity contribution >= 4 is 34.9 Å². The lowest BCUT2D eigenvalue weighted by Crippen LogP contribution is -2.44. The van der Waals surface area contributed by atoms with Crippen LogP contribution in [0, 0.1) is 0 Å². The number of carbonyl (C=O) groups excluding carboxylic acids is 1. The molecule has 0 saturated carbocycles. The summed E-state index contributed by atoms with van der Waals surface area (Å²) in [6.07, 6.45) is 3.06. The molecule has 0 atom stereocenters. The van der Waals surface area contributed by atoms with Crippen LogP contribution >= 0.6 is 0 Å². The summed E-state index contributed by atoms with van der Waals surface area (Å²) in [7, 11) is 2.16. The predicted molar refractivity (Wildman–Crippen MR) is 172 cm³/mol. The number of benzene rings is 2. The van der Waals surface area contributed by atoms with E-state index >= 15 is 0 Å². The van der Waals surface area contributed by atoms with Gasteiger partial charge in [-0.3, -0.25) is 4.79 Å². The molecule has 4 aromatic rings. The van der Waals surface area contributed by atoms with E-state index in [9.17, 15) is 9.90 Å². The summed E-state index contributed by atoms with van der Waals surface area (Å²) < 4.78 is 0. The number of likely N-dealkylation sites (N-methyl/N-ethyl adjacent to an activating group) is 1. The lowest BCUT2D eigenvalue weighted by Gasteiger charge is -2.34. The molecular formula is C33H38N8O2. The number of hydrogen-bond donors (Lipinski definition) is 4. The summed E-state index contributed by atoms with van der Waals surface area (Å²) in [4.78, 5) is 31.1. The van der Waals surface area contributed by atoms with Gasteiger partial charge in [-0.2, -0.15) is 4.98 Å². The lowest BCUT2D eigenvalue weighted by molar-refractivity contribution is 0.0740. The highest BCUT2D eigenvalue weighted by atomic mass is 16.3. The monoisotopic (exact) mass is 578 g/mol. The lowest BCUT2D eigenvalue weighted by atomic mass is 10.0. The molecule has 1 aliphatic heterocycles. The molecule has 1 fully saturated rings. The Bertz CT molecular complexity index is 1560. The average Bonchev–Trinajstić information content (AvgIpc) is 3.01. The van der Waals surface area contributed by atoms with Gasteiger partial charge in [0.05, 0.1) is 5.69 Å². The summed E-state index contributed by atoms with van der Waals surface area (Å²) in [5.74, 6) is 0.669. The van der Waals surface area contributed by atoms with Gasteiger partial charge in [0.2, 0.25) is 5.95 Å². The first-order chi connectivity index (χ1) is 20.7. The highest BCUT2D eigenvalue weighted by Gasteiger charge is 2.20. The van der Waals surface area contributed by atoms with Gasteiger partial charge in [-0.25, -0.2) is 9.97 Å². The topological polar surface area (TPSA) is 119 Å². The number of carbonyl (C=O) groups is 1. The minimum atomic E-state index is -1.13. The SMILES string of the molecule is C=CCNC(=O)c1cnc(Nc2ccc(-c3ccc(N4CCN(C)CC4)cc3)cc2)nc1Nc1cccc(C(C)(C)O)n1. The molecule has 1 amide bonds. The maximum atomic E-state index is 12.8. The number of aliphatic hydroxyl groups is 1. The first-order valence-electron chi connectivity index (χ1n) is 14.3. The second-order valence-corrected chi connectivity index (χ2v) is 11.1. The number of pyridine rings is 1. The van der Waals surface area contributed by atoms with Gasteiger partial charge >= 0.3 is 0 Å². The molecule has 0 radical (unpaired) electrons. The Kier molecular flexibility index (Phi) is 8.98. The van der Waals surface area contributed by atoms with Crippen molar-refractivity contribution in [1.82, 2.24) is 25.2 Å². The van der Waals surface area contributed by atoms with Crippen LogP contribution in [0.1, 0.15) is 29.9 Å². The minimum Gasteiger partial charge on any atom is -0.384 e. The number of aromatic nitrogens is 3. The Morgan fingerprint density at radius 1 is 0.953 bits per heavy atom. The number of rotatable bonds is 10. The van der Waals surface area contributed by atoms with E-state index in [1.54, 1.807) is 38.1 Å². The molecule has 10 heteroatoms.